The van der Waals surface area contributed by atoms with Gasteiger partial charge >= 0.3 is 0 Å². The molecule has 0 spiro atoms. The maximum atomic E-state index is 12.7. The Bertz CT molecular complexity index is 1050. The van der Waals surface area contributed by atoms with Crippen LogP contribution in [0.2, 0.25) is 0 Å². The molecule has 0 aliphatic carbocycles. The Morgan fingerprint density at radius 1 is 1.17 bits per heavy atom. The fourth-order valence-corrected chi connectivity index (χ4v) is 3.08. The van der Waals surface area contributed by atoms with E-state index in [-0.39, 0.29) is 34.3 Å². The van der Waals surface area contributed by atoms with Gasteiger partial charge in [-0.3, -0.25) is 4.79 Å². The molecule has 1 aliphatic heterocycles. The zero-order chi connectivity index (χ0) is 17.2. The average molecular weight is 328 g/mol. The summed E-state index contributed by atoms with van der Waals surface area (Å²) in [5, 5.41) is 30.5. The van der Waals surface area contributed by atoms with Gasteiger partial charge in [-0.1, -0.05) is 0 Å². The molecule has 3 aromatic rings. The summed E-state index contributed by atoms with van der Waals surface area (Å²) in [4.78, 5) is 12.7. The Kier molecular flexibility index (Phi) is 2.87. The van der Waals surface area contributed by atoms with E-state index in [4.69, 9.17) is 9.15 Å². The van der Waals surface area contributed by atoms with Gasteiger partial charge in [-0.15, -0.1) is 0 Å². The minimum atomic E-state index is -0.815. The van der Waals surface area contributed by atoms with Crippen LogP contribution in [-0.4, -0.2) is 27.0 Å². The van der Waals surface area contributed by atoms with Crippen LogP contribution in [0.15, 0.2) is 33.5 Å². The number of benzene rings is 2. The first kappa shape index (κ1) is 14.8. The second-order valence-corrected chi connectivity index (χ2v) is 6.61. The van der Waals surface area contributed by atoms with E-state index in [0.29, 0.717) is 16.9 Å². The summed E-state index contributed by atoms with van der Waals surface area (Å²) in [6.45, 7) is 3.50. The van der Waals surface area contributed by atoms with E-state index < -0.39 is 17.1 Å². The molecule has 0 bridgehead atoms. The van der Waals surface area contributed by atoms with Crippen LogP contribution in [-0.2, 0) is 6.42 Å². The van der Waals surface area contributed by atoms with Crippen LogP contribution < -0.4 is 10.2 Å². The van der Waals surface area contributed by atoms with Crippen LogP contribution in [0.25, 0.3) is 21.9 Å². The smallest absolute Gasteiger partial charge is 0.204 e. The number of ether oxygens (including phenoxy) is 1. The molecule has 0 unspecified atom stereocenters. The highest BCUT2D eigenvalue weighted by atomic mass is 16.5. The van der Waals surface area contributed by atoms with Gasteiger partial charge in [0.1, 0.15) is 39.4 Å². The normalized spacial score (nSPS) is 19.2. The lowest BCUT2D eigenvalue weighted by atomic mass is 9.90. The second kappa shape index (κ2) is 4.64. The minimum absolute atomic E-state index is 0.0161. The van der Waals surface area contributed by atoms with Crippen molar-refractivity contribution in [1.82, 2.24) is 0 Å². The molecule has 124 valence electrons. The molecule has 1 aromatic heterocycles. The second-order valence-electron chi connectivity index (χ2n) is 6.61. The van der Waals surface area contributed by atoms with Crippen LogP contribution in [0.3, 0.4) is 0 Å². The van der Waals surface area contributed by atoms with Crippen molar-refractivity contribution >= 4 is 21.9 Å². The SMILES string of the molecule is CC1(C)Oc2cc3oc4ccc(O)cc4c(=O)c3c(O)c2C[C@@H]1O. The Hall–Kier alpha value is -2.73. The summed E-state index contributed by atoms with van der Waals surface area (Å²) in [6, 6.07) is 5.78. The zero-order valence-corrected chi connectivity index (χ0v) is 13.2. The number of rotatable bonds is 0. The number of hydrogen-bond acceptors (Lipinski definition) is 6. The molecule has 4 rings (SSSR count). The topological polar surface area (TPSA) is 100 Å². The third kappa shape index (κ3) is 1.96. The largest absolute Gasteiger partial charge is 0.508 e. The summed E-state index contributed by atoms with van der Waals surface area (Å²) < 4.78 is 11.5. The molecule has 2 heterocycles. The fourth-order valence-electron chi connectivity index (χ4n) is 3.08. The fraction of sp³-hybridized carbons (Fsp3) is 0.278. The first-order chi connectivity index (χ1) is 11.3. The molecule has 3 N–H and O–H groups in total. The molecule has 0 radical (unpaired) electrons. The van der Waals surface area contributed by atoms with Crippen LogP contribution in [0.5, 0.6) is 17.2 Å². The lowest BCUT2D eigenvalue weighted by Crippen LogP contribution is -2.46. The van der Waals surface area contributed by atoms with Gasteiger partial charge in [-0.05, 0) is 32.0 Å². The van der Waals surface area contributed by atoms with E-state index in [2.05, 4.69) is 0 Å². The number of aromatic hydroxyl groups is 2. The van der Waals surface area contributed by atoms with Crippen LogP contribution in [0.4, 0.5) is 0 Å². The highest BCUT2D eigenvalue weighted by Crippen LogP contribution is 2.42. The molecular formula is C18H16O6. The standard InChI is InChI=1S/C18H16O6/c1-18(2)14(20)6-10-12(24-18)7-13-15(17(10)22)16(21)9-5-8(19)3-4-11(9)23-13/h3-5,7,14,19-20,22H,6H2,1-2H3/t14-/m0/s1. The van der Waals surface area contributed by atoms with Crippen molar-refractivity contribution in [3.63, 3.8) is 0 Å². The van der Waals surface area contributed by atoms with Gasteiger partial charge in [0, 0.05) is 18.1 Å². The van der Waals surface area contributed by atoms with Gasteiger partial charge in [-0.2, -0.15) is 0 Å². The molecular weight excluding hydrogens is 312 g/mol. The van der Waals surface area contributed by atoms with Crippen molar-refractivity contribution in [2.75, 3.05) is 0 Å². The molecule has 0 amide bonds. The predicted molar refractivity (Wildman–Crippen MR) is 87.7 cm³/mol. The quantitative estimate of drug-likeness (QED) is 0.548. The number of hydrogen-bond donors (Lipinski definition) is 3. The van der Waals surface area contributed by atoms with Gasteiger partial charge in [0.2, 0.25) is 5.43 Å². The summed E-state index contributed by atoms with van der Waals surface area (Å²) in [5.74, 6) is 0.0692. The monoisotopic (exact) mass is 328 g/mol. The van der Waals surface area contributed by atoms with Crippen molar-refractivity contribution in [2.45, 2.75) is 32.0 Å². The van der Waals surface area contributed by atoms with Crippen LogP contribution in [0.1, 0.15) is 19.4 Å². The molecule has 2 aromatic carbocycles. The van der Waals surface area contributed by atoms with E-state index in [0.717, 1.165) is 0 Å². The summed E-state index contributed by atoms with van der Waals surface area (Å²) in [6.07, 6.45) is -0.647. The van der Waals surface area contributed by atoms with Crippen LogP contribution in [0, 0.1) is 0 Å². The number of fused-ring (bicyclic) bond motifs is 3. The Balaban J connectivity index is 2.10. The van der Waals surface area contributed by atoms with E-state index in [9.17, 15) is 20.1 Å². The van der Waals surface area contributed by atoms with Crippen molar-refractivity contribution < 1.29 is 24.5 Å². The van der Waals surface area contributed by atoms with Crippen molar-refractivity contribution in [1.29, 1.82) is 0 Å². The third-order valence-electron chi connectivity index (χ3n) is 4.56. The molecule has 6 nitrogen and oxygen atoms in total. The van der Waals surface area contributed by atoms with Gasteiger partial charge in [0.25, 0.3) is 0 Å². The first-order valence-electron chi connectivity index (χ1n) is 7.59. The van der Waals surface area contributed by atoms with Gasteiger partial charge < -0.3 is 24.5 Å². The Labute approximate surface area is 136 Å². The minimum Gasteiger partial charge on any atom is -0.508 e. The molecule has 1 atom stereocenters. The van der Waals surface area contributed by atoms with E-state index in [1.54, 1.807) is 19.9 Å². The molecule has 24 heavy (non-hydrogen) atoms. The summed E-state index contributed by atoms with van der Waals surface area (Å²) in [5.41, 5.74) is -0.375. The van der Waals surface area contributed by atoms with Crippen LogP contribution >= 0.6 is 0 Å². The molecule has 1 aliphatic rings. The molecule has 0 saturated carbocycles. The average Bonchev–Trinajstić information content (AvgIpc) is 2.50. The number of phenols is 2. The first-order valence-corrected chi connectivity index (χ1v) is 7.59. The summed E-state index contributed by atoms with van der Waals surface area (Å²) >= 11 is 0. The van der Waals surface area contributed by atoms with E-state index >= 15 is 0 Å². The van der Waals surface area contributed by atoms with Gasteiger partial charge in [0.05, 0.1) is 11.5 Å². The van der Waals surface area contributed by atoms with E-state index in [1.165, 1.54) is 18.2 Å². The maximum Gasteiger partial charge on any atom is 0.204 e. The molecule has 0 saturated heterocycles. The van der Waals surface area contributed by atoms with Crippen molar-refractivity contribution in [2.24, 2.45) is 0 Å². The Morgan fingerprint density at radius 2 is 1.92 bits per heavy atom. The highest BCUT2D eigenvalue weighted by Gasteiger charge is 2.38. The number of aliphatic hydroxyl groups excluding tert-OH is 1. The predicted octanol–water partition coefficient (Wildman–Crippen LogP) is 2.43. The summed E-state index contributed by atoms with van der Waals surface area (Å²) in [7, 11) is 0. The zero-order valence-electron chi connectivity index (χ0n) is 13.2. The number of phenolic OH excluding ortho intramolecular Hbond substituents is 2. The maximum absolute atomic E-state index is 12.7. The van der Waals surface area contributed by atoms with Gasteiger partial charge in [0.15, 0.2) is 0 Å². The molecule has 6 heteroatoms. The lowest BCUT2D eigenvalue weighted by molar-refractivity contribution is -0.0415. The van der Waals surface area contributed by atoms with Crippen molar-refractivity contribution in [3.05, 3.63) is 40.1 Å². The third-order valence-corrected chi connectivity index (χ3v) is 4.56. The van der Waals surface area contributed by atoms with Gasteiger partial charge in [-0.25, -0.2) is 0 Å². The lowest BCUT2D eigenvalue weighted by Gasteiger charge is -2.37. The number of aliphatic hydroxyl groups is 1. The highest BCUT2D eigenvalue weighted by molar-refractivity contribution is 5.95. The van der Waals surface area contributed by atoms with Crippen molar-refractivity contribution in [3.8, 4) is 17.2 Å². The Morgan fingerprint density at radius 3 is 2.67 bits per heavy atom. The molecule has 0 fully saturated rings. The van der Waals surface area contributed by atoms with E-state index in [1.807, 2.05) is 0 Å².